The van der Waals surface area contributed by atoms with Gasteiger partial charge in [0.2, 0.25) is 6.79 Å². The van der Waals surface area contributed by atoms with Crippen molar-refractivity contribution in [2.24, 2.45) is 0 Å². The fourth-order valence-electron chi connectivity index (χ4n) is 2.06. The number of ether oxygens (including phenoxy) is 3. The molecule has 3 rings (SSSR count). The molecule has 2 aromatic rings. The second kappa shape index (κ2) is 5.72. The van der Waals surface area contributed by atoms with Crippen LogP contribution >= 0.6 is 0 Å². The average Bonchev–Trinajstić information content (AvgIpc) is 3.00. The molecule has 0 amide bonds. The maximum atomic E-state index is 12.0. The number of carbonyl (C=O) groups is 1. The van der Waals surface area contributed by atoms with Crippen LogP contribution in [0.2, 0.25) is 0 Å². The second-order valence-electron chi connectivity index (χ2n) is 4.54. The van der Waals surface area contributed by atoms with E-state index in [2.05, 4.69) is 0 Å². The van der Waals surface area contributed by atoms with Crippen LogP contribution in [0, 0.1) is 10.1 Å². The van der Waals surface area contributed by atoms with Crippen LogP contribution in [-0.4, -0.2) is 17.7 Å². The van der Waals surface area contributed by atoms with E-state index in [1.54, 1.807) is 24.3 Å². The number of fused-ring (bicyclic) bond motifs is 1. The van der Waals surface area contributed by atoms with Crippen LogP contribution in [0.15, 0.2) is 42.5 Å². The average molecular weight is 301 g/mol. The van der Waals surface area contributed by atoms with E-state index in [4.69, 9.17) is 14.2 Å². The van der Waals surface area contributed by atoms with Crippen molar-refractivity contribution in [3.05, 3.63) is 63.7 Å². The quantitative estimate of drug-likeness (QED) is 0.490. The van der Waals surface area contributed by atoms with Gasteiger partial charge in [0.25, 0.3) is 5.69 Å². The Kier molecular flexibility index (Phi) is 3.61. The molecular formula is C15H11NO6. The molecule has 1 heterocycles. The largest absolute Gasteiger partial charge is 0.457 e. The van der Waals surface area contributed by atoms with E-state index in [1.807, 2.05) is 0 Å². The van der Waals surface area contributed by atoms with E-state index in [9.17, 15) is 14.9 Å². The lowest BCUT2D eigenvalue weighted by Gasteiger charge is -2.06. The molecule has 0 bridgehead atoms. The zero-order chi connectivity index (χ0) is 15.5. The number of hydrogen-bond acceptors (Lipinski definition) is 6. The minimum absolute atomic E-state index is 0.0124. The van der Waals surface area contributed by atoms with Gasteiger partial charge in [0.1, 0.15) is 12.2 Å². The highest BCUT2D eigenvalue weighted by Crippen LogP contribution is 2.32. The Morgan fingerprint density at radius 1 is 1.18 bits per heavy atom. The molecule has 112 valence electrons. The molecule has 7 nitrogen and oxygen atoms in total. The molecule has 1 aliphatic heterocycles. The molecule has 0 aliphatic carbocycles. The zero-order valence-electron chi connectivity index (χ0n) is 11.4. The first-order valence-electron chi connectivity index (χ1n) is 6.44. The summed E-state index contributed by atoms with van der Waals surface area (Å²) in [7, 11) is 0. The number of hydrogen-bond donors (Lipinski definition) is 0. The van der Waals surface area contributed by atoms with Gasteiger partial charge in [0.15, 0.2) is 11.5 Å². The summed E-state index contributed by atoms with van der Waals surface area (Å²) in [6, 6.07) is 10.8. The predicted molar refractivity (Wildman–Crippen MR) is 74.8 cm³/mol. The molecule has 0 unspecified atom stereocenters. The summed E-state index contributed by atoms with van der Waals surface area (Å²) in [5.41, 5.74) is 0.350. The van der Waals surface area contributed by atoms with E-state index in [-0.39, 0.29) is 24.7 Å². The van der Waals surface area contributed by atoms with Gasteiger partial charge >= 0.3 is 5.97 Å². The summed E-state index contributed by atoms with van der Waals surface area (Å²) in [4.78, 5) is 22.3. The SMILES string of the molecule is O=C(OCc1ccc2c(c1)OCO2)c1ccccc1[N+](=O)[O-]. The number of para-hydroxylation sites is 1. The van der Waals surface area contributed by atoms with Crippen molar-refractivity contribution < 1.29 is 23.9 Å². The van der Waals surface area contributed by atoms with Crippen LogP contribution in [0.25, 0.3) is 0 Å². The standard InChI is InChI=1S/C15H11NO6/c17-15(11-3-1-2-4-12(11)16(18)19)20-8-10-5-6-13-14(7-10)22-9-21-13/h1-7H,8-9H2. The highest BCUT2D eigenvalue weighted by Gasteiger charge is 2.21. The summed E-state index contributed by atoms with van der Waals surface area (Å²) < 4.78 is 15.5. The number of nitro groups is 1. The van der Waals surface area contributed by atoms with E-state index < -0.39 is 10.9 Å². The van der Waals surface area contributed by atoms with Crippen molar-refractivity contribution in [1.82, 2.24) is 0 Å². The van der Waals surface area contributed by atoms with Gasteiger partial charge in [-0.1, -0.05) is 18.2 Å². The molecule has 0 N–H and O–H groups in total. The Labute approximate surface area is 125 Å². The lowest BCUT2D eigenvalue weighted by molar-refractivity contribution is -0.385. The highest BCUT2D eigenvalue weighted by molar-refractivity contribution is 5.93. The zero-order valence-corrected chi connectivity index (χ0v) is 11.4. The van der Waals surface area contributed by atoms with Crippen molar-refractivity contribution in [3.8, 4) is 11.5 Å². The third-order valence-corrected chi connectivity index (χ3v) is 3.13. The van der Waals surface area contributed by atoms with Crippen LogP contribution in [0.1, 0.15) is 15.9 Å². The fraction of sp³-hybridized carbons (Fsp3) is 0.133. The number of nitro benzene ring substituents is 1. The van der Waals surface area contributed by atoms with Gasteiger partial charge in [-0.3, -0.25) is 10.1 Å². The molecule has 0 saturated carbocycles. The molecule has 0 atom stereocenters. The maximum absolute atomic E-state index is 12.0. The van der Waals surface area contributed by atoms with Gasteiger partial charge in [-0.05, 0) is 23.8 Å². The molecule has 0 radical (unpaired) electrons. The first kappa shape index (κ1) is 13.9. The van der Waals surface area contributed by atoms with Crippen molar-refractivity contribution in [2.45, 2.75) is 6.61 Å². The van der Waals surface area contributed by atoms with Crippen molar-refractivity contribution >= 4 is 11.7 Å². The molecule has 1 aliphatic rings. The maximum Gasteiger partial charge on any atom is 0.345 e. The Morgan fingerprint density at radius 2 is 1.95 bits per heavy atom. The predicted octanol–water partition coefficient (Wildman–Crippen LogP) is 2.68. The van der Waals surface area contributed by atoms with E-state index >= 15 is 0 Å². The van der Waals surface area contributed by atoms with Crippen molar-refractivity contribution in [1.29, 1.82) is 0 Å². The monoisotopic (exact) mass is 301 g/mol. The Bertz CT molecular complexity index is 743. The summed E-state index contributed by atoms with van der Waals surface area (Å²) in [6.07, 6.45) is 0. The molecule has 0 aromatic heterocycles. The Balaban J connectivity index is 1.72. The lowest BCUT2D eigenvalue weighted by atomic mass is 10.2. The normalized spacial score (nSPS) is 12.0. The highest BCUT2D eigenvalue weighted by atomic mass is 16.7. The van der Waals surface area contributed by atoms with Crippen LogP contribution in [0.4, 0.5) is 5.69 Å². The van der Waals surface area contributed by atoms with E-state index in [0.717, 1.165) is 0 Å². The number of rotatable bonds is 4. The van der Waals surface area contributed by atoms with Crippen molar-refractivity contribution in [2.75, 3.05) is 6.79 Å². The molecule has 0 saturated heterocycles. The second-order valence-corrected chi connectivity index (χ2v) is 4.54. The van der Waals surface area contributed by atoms with Crippen LogP contribution in [0.5, 0.6) is 11.5 Å². The first-order valence-corrected chi connectivity index (χ1v) is 6.44. The van der Waals surface area contributed by atoms with Gasteiger partial charge in [-0.15, -0.1) is 0 Å². The fourth-order valence-corrected chi connectivity index (χ4v) is 2.06. The number of benzene rings is 2. The first-order chi connectivity index (χ1) is 10.6. The van der Waals surface area contributed by atoms with Crippen molar-refractivity contribution in [3.63, 3.8) is 0 Å². The van der Waals surface area contributed by atoms with E-state index in [0.29, 0.717) is 17.1 Å². The number of esters is 1. The summed E-state index contributed by atoms with van der Waals surface area (Å²) in [6.45, 7) is 0.149. The summed E-state index contributed by atoms with van der Waals surface area (Å²) in [5, 5.41) is 10.9. The minimum Gasteiger partial charge on any atom is -0.457 e. The molecule has 0 fully saturated rings. The minimum atomic E-state index is -0.745. The summed E-state index contributed by atoms with van der Waals surface area (Å²) in [5.74, 6) is 0.470. The van der Waals surface area contributed by atoms with Crippen LogP contribution in [-0.2, 0) is 11.3 Å². The lowest BCUT2D eigenvalue weighted by Crippen LogP contribution is -2.08. The van der Waals surface area contributed by atoms with Gasteiger partial charge in [0.05, 0.1) is 4.92 Å². The number of nitrogens with zero attached hydrogens (tertiary/aromatic N) is 1. The molecule has 22 heavy (non-hydrogen) atoms. The van der Waals surface area contributed by atoms with Gasteiger partial charge < -0.3 is 14.2 Å². The third-order valence-electron chi connectivity index (χ3n) is 3.13. The Hall–Kier alpha value is -3.09. The molecular weight excluding hydrogens is 290 g/mol. The van der Waals surface area contributed by atoms with E-state index in [1.165, 1.54) is 18.2 Å². The molecule has 0 spiro atoms. The van der Waals surface area contributed by atoms with Crippen LogP contribution in [0.3, 0.4) is 0 Å². The molecule has 2 aromatic carbocycles. The van der Waals surface area contributed by atoms with Gasteiger partial charge in [-0.2, -0.15) is 0 Å². The number of carbonyl (C=O) groups excluding carboxylic acids is 1. The Morgan fingerprint density at radius 3 is 2.77 bits per heavy atom. The topological polar surface area (TPSA) is 87.9 Å². The smallest absolute Gasteiger partial charge is 0.345 e. The summed E-state index contributed by atoms with van der Waals surface area (Å²) >= 11 is 0. The van der Waals surface area contributed by atoms with Gasteiger partial charge in [0, 0.05) is 6.07 Å². The molecule has 7 heteroatoms. The van der Waals surface area contributed by atoms with Gasteiger partial charge in [-0.25, -0.2) is 4.79 Å². The van der Waals surface area contributed by atoms with Crippen LogP contribution < -0.4 is 9.47 Å². The third kappa shape index (κ3) is 2.69.